The molecule has 2 nitrogen and oxygen atoms in total. The van der Waals surface area contributed by atoms with Crippen LogP contribution in [0.25, 0.3) is 0 Å². The molecule has 0 aromatic carbocycles. The van der Waals surface area contributed by atoms with Crippen molar-refractivity contribution >= 4 is 21.6 Å². The summed E-state index contributed by atoms with van der Waals surface area (Å²) in [5, 5.41) is 1.12. The highest BCUT2D eigenvalue weighted by molar-refractivity contribution is 8.76. The summed E-state index contributed by atoms with van der Waals surface area (Å²) in [4.78, 5) is 4.26. The SMILES string of the molecule is CCCCn1ccnc1SSC. The van der Waals surface area contributed by atoms with Crippen LogP contribution in [0.15, 0.2) is 17.6 Å². The Labute approximate surface area is 81.5 Å². The third kappa shape index (κ3) is 2.75. The lowest BCUT2D eigenvalue weighted by molar-refractivity contribution is 0.588. The molecule has 1 rings (SSSR count). The lowest BCUT2D eigenvalue weighted by Gasteiger charge is -2.03. The summed E-state index contributed by atoms with van der Waals surface area (Å²) in [6.45, 7) is 3.30. The van der Waals surface area contributed by atoms with E-state index < -0.39 is 0 Å². The average molecular weight is 202 g/mol. The Morgan fingerprint density at radius 2 is 2.42 bits per heavy atom. The molecule has 0 amide bonds. The highest BCUT2D eigenvalue weighted by Crippen LogP contribution is 2.26. The molecule has 1 aromatic rings. The fourth-order valence-corrected chi connectivity index (χ4v) is 2.32. The molecule has 0 fully saturated rings. The van der Waals surface area contributed by atoms with Crippen LogP contribution in [0, 0.1) is 0 Å². The Morgan fingerprint density at radius 1 is 1.58 bits per heavy atom. The maximum Gasteiger partial charge on any atom is 0.178 e. The molecule has 0 aliphatic carbocycles. The van der Waals surface area contributed by atoms with E-state index in [2.05, 4.69) is 22.7 Å². The van der Waals surface area contributed by atoms with Gasteiger partial charge in [0.1, 0.15) is 0 Å². The van der Waals surface area contributed by atoms with Crippen LogP contribution in [-0.2, 0) is 6.54 Å². The Balaban J connectivity index is 2.51. The fourth-order valence-electron chi connectivity index (χ4n) is 0.958. The van der Waals surface area contributed by atoms with Gasteiger partial charge >= 0.3 is 0 Å². The molecule has 0 aliphatic heterocycles. The molecule has 12 heavy (non-hydrogen) atoms. The van der Waals surface area contributed by atoms with Crippen molar-refractivity contribution in [3.05, 3.63) is 12.4 Å². The summed E-state index contributed by atoms with van der Waals surface area (Å²) in [6, 6.07) is 0. The van der Waals surface area contributed by atoms with Crippen molar-refractivity contribution in [3.8, 4) is 0 Å². The van der Waals surface area contributed by atoms with Gasteiger partial charge in [-0.3, -0.25) is 0 Å². The van der Waals surface area contributed by atoms with Crippen LogP contribution in [0.5, 0.6) is 0 Å². The first-order valence-corrected chi connectivity index (χ1v) is 6.66. The molecule has 0 spiro atoms. The van der Waals surface area contributed by atoms with E-state index >= 15 is 0 Å². The number of aryl methyl sites for hydroxylation is 1. The maximum absolute atomic E-state index is 4.26. The predicted molar refractivity (Wildman–Crippen MR) is 56.5 cm³/mol. The molecule has 0 bridgehead atoms. The summed E-state index contributed by atoms with van der Waals surface area (Å²) in [7, 11) is 3.47. The smallest absolute Gasteiger partial charge is 0.178 e. The van der Waals surface area contributed by atoms with Gasteiger partial charge in [-0.15, -0.1) is 0 Å². The van der Waals surface area contributed by atoms with E-state index in [1.807, 2.05) is 12.4 Å². The molecule has 0 aliphatic rings. The Morgan fingerprint density at radius 3 is 3.08 bits per heavy atom. The van der Waals surface area contributed by atoms with Gasteiger partial charge in [-0.05, 0) is 23.5 Å². The molecular weight excluding hydrogens is 188 g/mol. The number of aromatic nitrogens is 2. The number of hydrogen-bond donors (Lipinski definition) is 0. The van der Waals surface area contributed by atoms with E-state index in [0.29, 0.717) is 0 Å². The number of rotatable bonds is 5. The summed E-state index contributed by atoms with van der Waals surface area (Å²) >= 11 is 0. The molecule has 68 valence electrons. The Kier molecular flexibility index (Phi) is 4.61. The number of hydrogen-bond acceptors (Lipinski definition) is 3. The van der Waals surface area contributed by atoms with E-state index in [-0.39, 0.29) is 0 Å². The van der Waals surface area contributed by atoms with Crippen molar-refractivity contribution in [1.82, 2.24) is 9.55 Å². The molecule has 1 heterocycles. The van der Waals surface area contributed by atoms with Gasteiger partial charge < -0.3 is 4.57 Å². The highest BCUT2D eigenvalue weighted by Gasteiger charge is 2.00. The topological polar surface area (TPSA) is 17.8 Å². The van der Waals surface area contributed by atoms with Crippen LogP contribution < -0.4 is 0 Å². The van der Waals surface area contributed by atoms with Crippen LogP contribution >= 0.6 is 21.6 Å². The third-order valence-electron chi connectivity index (χ3n) is 1.59. The van der Waals surface area contributed by atoms with Crippen molar-refractivity contribution in [3.63, 3.8) is 0 Å². The van der Waals surface area contributed by atoms with Gasteiger partial charge in [0.2, 0.25) is 0 Å². The third-order valence-corrected chi connectivity index (χ3v) is 3.19. The molecule has 0 saturated carbocycles. The normalized spacial score (nSPS) is 10.5. The summed E-state index contributed by atoms with van der Waals surface area (Å²) < 4.78 is 2.21. The van der Waals surface area contributed by atoms with Crippen molar-refractivity contribution < 1.29 is 0 Å². The second-order valence-electron chi connectivity index (χ2n) is 2.51. The zero-order valence-electron chi connectivity index (χ0n) is 7.49. The quantitative estimate of drug-likeness (QED) is 0.683. The van der Waals surface area contributed by atoms with Gasteiger partial charge in [0.05, 0.1) is 0 Å². The average Bonchev–Trinajstić information content (AvgIpc) is 2.50. The second-order valence-corrected chi connectivity index (χ2v) is 4.87. The molecule has 0 atom stereocenters. The second kappa shape index (κ2) is 5.54. The maximum atomic E-state index is 4.26. The van der Waals surface area contributed by atoms with Crippen molar-refractivity contribution in [1.29, 1.82) is 0 Å². The number of unbranched alkanes of at least 4 members (excludes halogenated alkanes) is 1. The predicted octanol–water partition coefficient (Wildman–Crippen LogP) is 3.05. The van der Waals surface area contributed by atoms with Gasteiger partial charge in [0, 0.05) is 18.9 Å². The van der Waals surface area contributed by atoms with Gasteiger partial charge in [0.15, 0.2) is 5.16 Å². The van der Waals surface area contributed by atoms with Crippen molar-refractivity contribution in [2.24, 2.45) is 0 Å². The van der Waals surface area contributed by atoms with Crippen LogP contribution in [-0.4, -0.2) is 15.8 Å². The lowest BCUT2D eigenvalue weighted by atomic mass is 10.3. The number of imidazole rings is 1. The van der Waals surface area contributed by atoms with Crippen molar-refractivity contribution in [2.45, 2.75) is 31.5 Å². The van der Waals surface area contributed by atoms with Crippen LogP contribution in [0.1, 0.15) is 19.8 Å². The van der Waals surface area contributed by atoms with E-state index in [1.165, 1.54) is 12.8 Å². The summed E-state index contributed by atoms with van der Waals surface area (Å²) in [6.07, 6.45) is 8.46. The van der Waals surface area contributed by atoms with Crippen LogP contribution in [0.2, 0.25) is 0 Å². The monoisotopic (exact) mass is 202 g/mol. The van der Waals surface area contributed by atoms with E-state index in [0.717, 1.165) is 11.7 Å². The zero-order chi connectivity index (χ0) is 8.81. The van der Waals surface area contributed by atoms with Gasteiger partial charge in [-0.2, -0.15) is 0 Å². The van der Waals surface area contributed by atoms with Crippen molar-refractivity contribution in [2.75, 3.05) is 6.26 Å². The molecule has 0 unspecified atom stereocenters. The molecule has 1 aromatic heterocycles. The largest absolute Gasteiger partial charge is 0.325 e. The van der Waals surface area contributed by atoms with E-state index in [4.69, 9.17) is 0 Å². The number of nitrogens with zero attached hydrogens (tertiary/aromatic N) is 2. The van der Waals surface area contributed by atoms with E-state index in [1.54, 1.807) is 21.6 Å². The zero-order valence-corrected chi connectivity index (χ0v) is 9.12. The van der Waals surface area contributed by atoms with Gasteiger partial charge in [-0.1, -0.05) is 24.1 Å². The van der Waals surface area contributed by atoms with Crippen LogP contribution in [0.3, 0.4) is 0 Å². The molecular formula is C8H14N2S2. The Bertz CT molecular complexity index is 223. The van der Waals surface area contributed by atoms with Gasteiger partial charge in [-0.25, -0.2) is 4.98 Å². The molecule has 4 heteroatoms. The summed E-state index contributed by atoms with van der Waals surface area (Å²) in [5.74, 6) is 0. The first-order chi connectivity index (χ1) is 5.88. The fraction of sp³-hybridized carbons (Fsp3) is 0.625. The van der Waals surface area contributed by atoms with E-state index in [9.17, 15) is 0 Å². The minimum Gasteiger partial charge on any atom is -0.325 e. The lowest BCUT2D eigenvalue weighted by Crippen LogP contribution is -1.96. The summed E-state index contributed by atoms with van der Waals surface area (Å²) in [5.41, 5.74) is 0. The van der Waals surface area contributed by atoms with Gasteiger partial charge in [0.25, 0.3) is 0 Å². The first-order valence-electron chi connectivity index (χ1n) is 4.10. The highest BCUT2D eigenvalue weighted by atomic mass is 33.1. The molecule has 0 N–H and O–H groups in total. The first kappa shape index (κ1) is 9.99. The Hall–Kier alpha value is -0.0900. The standard InChI is InChI=1S/C8H14N2S2/c1-3-4-6-10-7-5-9-8(10)12-11-2/h5,7H,3-4,6H2,1-2H3. The minimum atomic E-state index is 1.10. The minimum absolute atomic E-state index is 1.10. The molecule has 0 radical (unpaired) electrons. The van der Waals surface area contributed by atoms with Crippen LogP contribution in [0.4, 0.5) is 0 Å². The molecule has 0 saturated heterocycles.